The first-order chi connectivity index (χ1) is 30.2. The van der Waals surface area contributed by atoms with E-state index >= 15 is 0 Å². The lowest BCUT2D eigenvalue weighted by Crippen LogP contribution is -2.32. The van der Waals surface area contributed by atoms with Crippen LogP contribution in [0.3, 0.4) is 0 Å². The van der Waals surface area contributed by atoms with Gasteiger partial charge in [-0.3, -0.25) is 0 Å². The second-order valence-corrected chi connectivity index (χ2v) is 17.8. The van der Waals surface area contributed by atoms with Crippen molar-refractivity contribution in [2.24, 2.45) is 5.92 Å². The molecule has 284 valence electrons. The summed E-state index contributed by atoms with van der Waals surface area (Å²) >= 11 is 0. The van der Waals surface area contributed by atoms with Crippen LogP contribution in [0.5, 0.6) is 0 Å². The Morgan fingerprint density at radius 3 is 2.07 bits per heavy atom. The van der Waals surface area contributed by atoms with Crippen LogP contribution in [0.1, 0.15) is 47.1 Å². The minimum atomic E-state index is -0.417. The zero-order valence-corrected chi connectivity index (χ0v) is 33.8. The molecule has 0 amide bonds. The first-order valence-corrected chi connectivity index (χ1v) is 22.0. The van der Waals surface area contributed by atoms with Crippen molar-refractivity contribution in [3.8, 4) is 22.3 Å². The highest BCUT2D eigenvalue weighted by Crippen LogP contribution is 2.64. The molecule has 0 saturated carbocycles. The summed E-state index contributed by atoms with van der Waals surface area (Å²) in [5, 5.41) is 13.2. The minimum absolute atomic E-state index is 0.417. The lowest BCUT2D eigenvalue weighted by Gasteiger charge is -2.33. The van der Waals surface area contributed by atoms with Crippen LogP contribution in [-0.4, -0.2) is 0 Å². The predicted octanol–water partition coefficient (Wildman–Crippen LogP) is 14.0. The molecule has 5 aliphatic carbocycles. The molecule has 5 aliphatic rings. The summed E-state index contributed by atoms with van der Waals surface area (Å²) < 4.78 is 0. The number of fused-ring (bicyclic) bond motifs is 16. The molecule has 0 heteroatoms. The van der Waals surface area contributed by atoms with E-state index in [0.717, 1.165) is 19.3 Å². The Hall–Kier alpha value is -7.28. The quantitative estimate of drug-likeness (QED) is 0.121. The van der Waals surface area contributed by atoms with Crippen molar-refractivity contribution in [1.29, 1.82) is 0 Å². The van der Waals surface area contributed by atoms with Crippen molar-refractivity contribution in [1.82, 2.24) is 0 Å². The smallest absolute Gasteiger partial charge is 0.0722 e. The Bertz CT molecular complexity index is 3730. The Morgan fingerprint density at radius 1 is 0.459 bits per heavy atom. The van der Waals surface area contributed by atoms with Gasteiger partial charge in [0.2, 0.25) is 0 Å². The standard InChI is InChI=1S/C61H40/c1-3-15-45-37(11-1)23-25-41-33-53-39(31-55(41)45)13-9-19-47(53)43-27-29-51-49-17-5-7-21-57(49)61(59(51)35-43)58-22-8-6-18-50(58)52-30-28-44(36-60(52)61)48-20-10-14-40-32-56-42(34-54(40)48)26-24-38-12-2-4-16-46(38)56/h1-23,25-26,28,30-36,38H,24,27,29H2. The minimum Gasteiger partial charge on any atom is -0.0767 e. The molecule has 0 fully saturated rings. The van der Waals surface area contributed by atoms with Gasteiger partial charge in [0.25, 0.3) is 0 Å². The number of rotatable bonds is 2. The first-order valence-electron chi connectivity index (χ1n) is 22.0. The van der Waals surface area contributed by atoms with E-state index in [-0.39, 0.29) is 0 Å². The molecule has 9 aromatic rings. The molecular weight excluding hydrogens is 733 g/mol. The van der Waals surface area contributed by atoms with Gasteiger partial charge in [0.15, 0.2) is 0 Å². The highest BCUT2D eigenvalue weighted by molar-refractivity contribution is 6.14. The van der Waals surface area contributed by atoms with E-state index in [0.29, 0.717) is 5.92 Å². The summed E-state index contributed by atoms with van der Waals surface area (Å²) in [7, 11) is 0. The maximum Gasteiger partial charge on any atom is 0.0722 e. The molecule has 14 rings (SSSR count). The van der Waals surface area contributed by atoms with E-state index < -0.39 is 5.41 Å². The number of hydrogen-bond acceptors (Lipinski definition) is 0. The zero-order chi connectivity index (χ0) is 39.8. The van der Waals surface area contributed by atoms with E-state index in [1.165, 1.54) is 126 Å². The van der Waals surface area contributed by atoms with Crippen LogP contribution < -0.4 is 10.4 Å². The fourth-order valence-electron chi connectivity index (χ4n) is 12.2. The van der Waals surface area contributed by atoms with Gasteiger partial charge in [0, 0.05) is 5.92 Å². The number of benzene rings is 9. The lowest BCUT2D eigenvalue weighted by atomic mass is 9.68. The molecule has 0 aliphatic heterocycles. The fraction of sp³-hybridized carbons (Fsp3) is 0.0820. The molecule has 1 spiro atoms. The van der Waals surface area contributed by atoms with Gasteiger partial charge in [-0.25, -0.2) is 0 Å². The summed E-state index contributed by atoms with van der Waals surface area (Å²) in [6.45, 7) is 0. The van der Waals surface area contributed by atoms with Crippen molar-refractivity contribution in [3.63, 3.8) is 0 Å². The zero-order valence-electron chi connectivity index (χ0n) is 33.8. The molecule has 0 bridgehead atoms. The molecule has 0 radical (unpaired) electrons. The van der Waals surface area contributed by atoms with Crippen LogP contribution in [-0.2, 0) is 5.41 Å². The molecule has 9 aromatic carbocycles. The average molecular weight is 773 g/mol. The predicted molar refractivity (Wildman–Crippen MR) is 258 cm³/mol. The SMILES string of the molecule is C1=CC2=c3cc4cccc(-c5ccc6c(c5)C5(C7=C(CCC(c8cccc9cc%10c(ccc%11ccccc%11%10)cc89)=C7)c7ccccc75)c5ccccc5-6)c4cc3=CCC2C=C1. The normalized spacial score (nSPS) is 19.2. The Kier molecular flexibility index (Phi) is 6.81. The summed E-state index contributed by atoms with van der Waals surface area (Å²) in [4.78, 5) is 0. The molecular formula is C61H40. The Morgan fingerprint density at radius 2 is 1.15 bits per heavy atom. The van der Waals surface area contributed by atoms with E-state index in [9.17, 15) is 0 Å². The highest BCUT2D eigenvalue weighted by Gasteiger charge is 2.52. The maximum atomic E-state index is 2.62. The van der Waals surface area contributed by atoms with Gasteiger partial charge in [-0.15, -0.1) is 0 Å². The number of allylic oxidation sites excluding steroid dienone is 8. The van der Waals surface area contributed by atoms with Gasteiger partial charge < -0.3 is 0 Å². The second-order valence-electron chi connectivity index (χ2n) is 17.8. The van der Waals surface area contributed by atoms with Crippen molar-refractivity contribution in [3.05, 3.63) is 238 Å². The largest absolute Gasteiger partial charge is 0.0767 e. The number of hydrogen-bond donors (Lipinski definition) is 0. The van der Waals surface area contributed by atoms with Gasteiger partial charge in [-0.1, -0.05) is 170 Å². The summed E-state index contributed by atoms with van der Waals surface area (Å²) in [6.07, 6.45) is 17.2. The molecule has 2 atom stereocenters. The molecule has 0 aromatic heterocycles. The molecule has 0 N–H and O–H groups in total. The van der Waals surface area contributed by atoms with Crippen LogP contribution in [0.2, 0.25) is 0 Å². The van der Waals surface area contributed by atoms with Gasteiger partial charge in [0.05, 0.1) is 5.41 Å². The summed E-state index contributed by atoms with van der Waals surface area (Å²) in [5.41, 5.74) is 17.6. The van der Waals surface area contributed by atoms with E-state index in [2.05, 4.69) is 200 Å². The fourth-order valence-corrected chi connectivity index (χ4v) is 12.2. The molecule has 2 unspecified atom stereocenters. The van der Waals surface area contributed by atoms with Crippen molar-refractivity contribution in [2.45, 2.75) is 24.7 Å². The molecule has 0 heterocycles. The van der Waals surface area contributed by atoms with Crippen LogP contribution in [0.15, 0.2) is 200 Å². The van der Waals surface area contributed by atoms with E-state index in [4.69, 9.17) is 0 Å². The summed E-state index contributed by atoms with van der Waals surface area (Å²) in [5.74, 6) is 0.469. The third-order valence-electron chi connectivity index (χ3n) is 14.9. The van der Waals surface area contributed by atoms with Crippen molar-refractivity contribution < 1.29 is 0 Å². The average Bonchev–Trinajstić information content (AvgIpc) is 3.79. The lowest BCUT2D eigenvalue weighted by molar-refractivity contribution is 0.782. The third-order valence-corrected chi connectivity index (χ3v) is 14.9. The Labute approximate surface area is 355 Å². The maximum absolute atomic E-state index is 2.62. The highest BCUT2D eigenvalue weighted by atomic mass is 14.5. The second kappa shape index (κ2) is 12.4. The van der Waals surface area contributed by atoms with Crippen LogP contribution >= 0.6 is 0 Å². The van der Waals surface area contributed by atoms with Gasteiger partial charge in [-0.2, -0.15) is 0 Å². The van der Waals surface area contributed by atoms with Crippen LogP contribution in [0.4, 0.5) is 0 Å². The van der Waals surface area contributed by atoms with Crippen LogP contribution in [0, 0.1) is 5.92 Å². The first kappa shape index (κ1) is 33.5. The third kappa shape index (κ3) is 4.55. The molecule has 61 heavy (non-hydrogen) atoms. The summed E-state index contributed by atoms with van der Waals surface area (Å²) in [6, 6.07) is 62.9. The molecule has 0 nitrogen and oxygen atoms in total. The van der Waals surface area contributed by atoms with Crippen molar-refractivity contribution in [2.75, 3.05) is 0 Å². The molecule has 0 saturated heterocycles. The van der Waals surface area contributed by atoms with Crippen molar-refractivity contribution >= 4 is 65.9 Å². The van der Waals surface area contributed by atoms with E-state index in [1.807, 2.05) is 0 Å². The van der Waals surface area contributed by atoms with Gasteiger partial charge >= 0.3 is 0 Å². The van der Waals surface area contributed by atoms with Gasteiger partial charge in [-0.05, 0) is 175 Å². The van der Waals surface area contributed by atoms with E-state index in [1.54, 1.807) is 0 Å². The Balaban J connectivity index is 0.989. The topological polar surface area (TPSA) is 0 Å². The van der Waals surface area contributed by atoms with Crippen LogP contribution in [0.25, 0.3) is 88.1 Å². The van der Waals surface area contributed by atoms with Gasteiger partial charge in [0.1, 0.15) is 0 Å². The monoisotopic (exact) mass is 772 g/mol.